The highest BCUT2D eigenvalue weighted by atomic mass is 35.5. The zero-order valence-electron chi connectivity index (χ0n) is 17.1. The smallest absolute Gasteiger partial charge is 0.261 e. The van der Waals surface area contributed by atoms with Crippen LogP contribution in [0.15, 0.2) is 54.2 Å². The predicted molar refractivity (Wildman–Crippen MR) is 125 cm³/mol. The van der Waals surface area contributed by atoms with Crippen LogP contribution in [-0.4, -0.2) is 50.6 Å². The number of pyridine rings is 1. The molecule has 0 unspecified atom stereocenters. The number of aromatic nitrogens is 3. The third-order valence-corrected chi connectivity index (χ3v) is 6.52. The second-order valence-corrected chi connectivity index (χ2v) is 8.88. The van der Waals surface area contributed by atoms with Crippen LogP contribution in [0.4, 0.5) is 11.4 Å². The Labute approximate surface area is 192 Å². The fourth-order valence-corrected chi connectivity index (χ4v) is 4.49. The second-order valence-electron chi connectivity index (χ2n) is 7.56. The van der Waals surface area contributed by atoms with Gasteiger partial charge in [0.25, 0.3) is 5.91 Å². The molecule has 1 fully saturated rings. The lowest BCUT2D eigenvalue weighted by molar-refractivity contribution is -0.133. The van der Waals surface area contributed by atoms with Crippen molar-refractivity contribution in [3.8, 4) is 5.69 Å². The molecule has 10 heteroatoms. The van der Waals surface area contributed by atoms with Crippen LogP contribution in [0.25, 0.3) is 16.7 Å². The van der Waals surface area contributed by atoms with Gasteiger partial charge in [-0.2, -0.15) is 5.10 Å². The Bertz CT molecular complexity index is 1330. The van der Waals surface area contributed by atoms with E-state index < -0.39 is 0 Å². The number of hydrogen-bond acceptors (Lipinski definition) is 6. The average Bonchev–Trinajstić information content (AvgIpc) is 3.38. The normalized spacial score (nSPS) is 13.8. The Hall–Kier alpha value is -3.43. The zero-order valence-corrected chi connectivity index (χ0v) is 18.7. The summed E-state index contributed by atoms with van der Waals surface area (Å²) in [5, 5.41) is 14.0. The van der Waals surface area contributed by atoms with E-state index in [0.29, 0.717) is 28.6 Å². The van der Waals surface area contributed by atoms with Crippen molar-refractivity contribution in [1.82, 2.24) is 25.0 Å². The minimum absolute atomic E-state index is 0.00631. The number of carbonyl (C=O) groups is 2. The van der Waals surface area contributed by atoms with Crippen molar-refractivity contribution in [1.29, 1.82) is 0 Å². The fourth-order valence-electron chi connectivity index (χ4n) is 3.54. The summed E-state index contributed by atoms with van der Waals surface area (Å²) in [7, 11) is 0. The van der Waals surface area contributed by atoms with E-state index in [2.05, 4.69) is 20.7 Å². The molecule has 0 atom stereocenters. The summed E-state index contributed by atoms with van der Waals surface area (Å²) in [6, 6.07) is 11.2. The minimum atomic E-state index is -0.148. The number of benzene rings is 1. The number of carbonyl (C=O) groups excluding carboxylic acids is 2. The van der Waals surface area contributed by atoms with Crippen LogP contribution < -0.4 is 10.6 Å². The molecule has 162 valence electrons. The van der Waals surface area contributed by atoms with Gasteiger partial charge in [-0.25, -0.2) is 9.67 Å². The number of halogens is 1. The first-order chi connectivity index (χ1) is 15.5. The lowest BCUT2D eigenvalue weighted by Crippen LogP contribution is -2.60. The Balaban J connectivity index is 1.31. The number of para-hydroxylation sites is 1. The van der Waals surface area contributed by atoms with E-state index in [0.717, 1.165) is 22.4 Å². The number of fused-ring (bicyclic) bond motifs is 1. The number of nitrogens with zero attached hydrogens (tertiary/aromatic N) is 4. The third-order valence-electron chi connectivity index (χ3n) is 5.28. The van der Waals surface area contributed by atoms with Gasteiger partial charge in [-0.1, -0.05) is 23.7 Å². The first-order valence-electron chi connectivity index (χ1n) is 9.98. The number of thiophene rings is 1. The van der Waals surface area contributed by atoms with Crippen molar-refractivity contribution < 1.29 is 9.59 Å². The van der Waals surface area contributed by atoms with Crippen molar-refractivity contribution in [3.63, 3.8) is 0 Å². The predicted octanol–water partition coefficient (Wildman–Crippen LogP) is 3.84. The molecule has 0 radical (unpaired) electrons. The van der Waals surface area contributed by atoms with Gasteiger partial charge in [0.05, 0.1) is 45.4 Å². The van der Waals surface area contributed by atoms with Gasteiger partial charge < -0.3 is 15.5 Å². The highest BCUT2D eigenvalue weighted by molar-refractivity contribution is 7.12. The zero-order chi connectivity index (χ0) is 22.2. The SMILES string of the molecule is CC(=O)N1CC(NC(=O)c2cc(-n3ncc4cc(Nc5ccccc5Cl)cnc43)cs2)C1. The van der Waals surface area contributed by atoms with Crippen LogP contribution in [0, 0.1) is 0 Å². The number of likely N-dealkylation sites (tertiary alicyclic amines) is 1. The van der Waals surface area contributed by atoms with Crippen molar-refractivity contribution in [2.24, 2.45) is 0 Å². The number of rotatable bonds is 5. The monoisotopic (exact) mass is 466 g/mol. The van der Waals surface area contributed by atoms with Gasteiger partial charge in [0.1, 0.15) is 0 Å². The first kappa shape index (κ1) is 20.5. The number of amides is 2. The maximum atomic E-state index is 12.5. The fraction of sp³-hybridized carbons (Fsp3) is 0.182. The quantitative estimate of drug-likeness (QED) is 0.466. The summed E-state index contributed by atoms with van der Waals surface area (Å²) >= 11 is 7.57. The number of hydrogen-bond donors (Lipinski definition) is 2. The van der Waals surface area contributed by atoms with Gasteiger partial charge >= 0.3 is 0 Å². The summed E-state index contributed by atoms with van der Waals surface area (Å²) in [6.07, 6.45) is 3.46. The second kappa shape index (κ2) is 8.25. The van der Waals surface area contributed by atoms with Gasteiger partial charge in [0.2, 0.25) is 5.91 Å². The van der Waals surface area contributed by atoms with Crippen molar-refractivity contribution in [2.75, 3.05) is 18.4 Å². The van der Waals surface area contributed by atoms with Crippen LogP contribution in [0.1, 0.15) is 16.6 Å². The molecule has 2 amide bonds. The molecular weight excluding hydrogens is 448 g/mol. The molecule has 8 nitrogen and oxygen atoms in total. The molecule has 5 rings (SSSR count). The highest BCUT2D eigenvalue weighted by Crippen LogP contribution is 2.27. The summed E-state index contributed by atoms with van der Waals surface area (Å²) in [5.74, 6) is -0.123. The van der Waals surface area contributed by atoms with E-state index >= 15 is 0 Å². The lowest BCUT2D eigenvalue weighted by atomic mass is 10.1. The molecule has 4 aromatic rings. The molecule has 3 aromatic heterocycles. The molecule has 1 aliphatic heterocycles. The Kier molecular flexibility index (Phi) is 5.28. The van der Waals surface area contributed by atoms with Crippen LogP contribution in [-0.2, 0) is 4.79 Å². The standard InChI is InChI=1S/C22H19ClN6O2S/c1-13(30)28-10-16(11-28)27-22(31)20-7-17(12-32-20)29-21-14(8-25-29)6-15(9-24-21)26-19-5-3-2-4-18(19)23/h2-9,12,16,26H,10-11H2,1H3,(H,27,31). The summed E-state index contributed by atoms with van der Waals surface area (Å²) in [4.78, 5) is 30.7. The van der Waals surface area contributed by atoms with Crippen LogP contribution >= 0.6 is 22.9 Å². The van der Waals surface area contributed by atoms with Crippen molar-refractivity contribution in [2.45, 2.75) is 13.0 Å². The highest BCUT2D eigenvalue weighted by Gasteiger charge is 2.30. The molecule has 1 aliphatic rings. The van der Waals surface area contributed by atoms with Gasteiger partial charge in [-0.3, -0.25) is 9.59 Å². The van der Waals surface area contributed by atoms with Crippen molar-refractivity contribution in [3.05, 3.63) is 64.1 Å². The molecule has 0 bridgehead atoms. The summed E-state index contributed by atoms with van der Waals surface area (Å²) in [5.41, 5.74) is 3.06. The summed E-state index contributed by atoms with van der Waals surface area (Å²) in [6.45, 7) is 2.64. The van der Waals surface area contributed by atoms with E-state index in [1.165, 1.54) is 18.3 Å². The molecule has 0 spiro atoms. The Morgan fingerprint density at radius 3 is 2.78 bits per heavy atom. The number of anilines is 2. The van der Waals surface area contributed by atoms with E-state index in [-0.39, 0.29) is 17.9 Å². The third kappa shape index (κ3) is 3.92. The van der Waals surface area contributed by atoms with Crippen LogP contribution in [0.3, 0.4) is 0 Å². The molecule has 32 heavy (non-hydrogen) atoms. The molecule has 1 aromatic carbocycles. The Morgan fingerprint density at radius 2 is 2.00 bits per heavy atom. The maximum Gasteiger partial charge on any atom is 0.261 e. The largest absolute Gasteiger partial charge is 0.353 e. The van der Waals surface area contributed by atoms with Crippen molar-refractivity contribution >= 4 is 57.2 Å². The molecule has 2 N–H and O–H groups in total. The van der Waals surface area contributed by atoms with Crippen LogP contribution in [0.2, 0.25) is 5.02 Å². The molecular formula is C22H19ClN6O2S. The minimum Gasteiger partial charge on any atom is -0.353 e. The lowest BCUT2D eigenvalue weighted by Gasteiger charge is -2.38. The molecule has 4 heterocycles. The van der Waals surface area contributed by atoms with E-state index in [1.807, 2.05) is 35.7 Å². The van der Waals surface area contributed by atoms with E-state index in [1.54, 1.807) is 28.0 Å². The van der Waals surface area contributed by atoms with Gasteiger partial charge in [0, 0.05) is 30.8 Å². The topological polar surface area (TPSA) is 92.2 Å². The maximum absolute atomic E-state index is 12.5. The summed E-state index contributed by atoms with van der Waals surface area (Å²) < 4.78 is 1.71. The Morgan fingerprint density at radius 1 is 1.19 bits per heavy atom. The molecule has 0 aliphatic carbocycles. The van der Waals surface area contributed by atoms with Crippen LogP contribution in [0.5, 0.6) is 0 Å². The number of nitrogens with one attached hydrogen (secondary N) is 2. The van der Waals surface area contributed by atoms with Gasteiger partial charge in [0.15, 0.2) is 5.65 Å². The van der Waals surface area contributed by atoms with Gasteiger partial charge in [-0.05, 0) is 24.3 Å². The van der Waals surface area contributed by atoms with E-state index in [4.69, 9.17) is 11.6 Å². The average molecular weight is 467 g/mol. The van der Waals surface area contributed by atoms with Gasteiger partial charge in [-0.15, -0.1) is 11.3 Å². The molecule has 1 saturated heterocycles. The molecule has 0 saturated carbocycles. The first-order valence-corrected chi connectivity index (χ1v) is 11.2. The van der Waals surface area contributed by atoms with E-state index in [9.17, 15) is 9.59 Å².